The number of thioether (sulfide) groups is 2. The number of nitrogens with one attached hydrogen (secondary N) is 2. The molecule has 2 N–H and O–H groups in total. The minimum Gasteiger partial charge on any atom is -0.467 e. The van der Waals surface area contributed by atoms with Gasteiger partial charge in [-0.2, -0.15) is 0 Å². The molecule has 1 aromatic carbocycles. The van der Waals surface area contributed by atoms with Gasteiger partial charge >= 0.3 is 0 Å². The lowest BCUT2D eigenvalue weighted by atomic mass is 10.2. The Bertz CT molecular complexity index is 1100. The summed E-state index contributed by atoms with van der Waals surface area (Å²) in [6.45, 7) is 0.543. The van der Waals surface area contributed by atoms with E-state index in [1.807, 2.05) is 54.6 Å². The van der Waals surface area contributed by atoms with Crippen molar-refractivity contribution < 1.29 is 9.21 Å². The zero-order valence-electron chi connectivity index (χ0n) is 16.4. The van der Waals surface area contributed by atoms with Crippen LogP contribution in [0.1, 0.15) is 11.3 Å². The van der Waals surface area contributed by atoms with Crippen LogP contribution in [-0.4, -0.2) is 26.8 Å². The third kappa shape index (κ3) is 6.84. The van der Waals surface area contributed by atoms with Crippen LogP contribution in [0, 0.1) is 0 Å². The van der Waals surface area contributed by atoms with Crippen molar-refractivity contribution in [3.05, 3.63) is 78.4 Å². The van der Waals surface area contributed by atoms with Crippen molar-refractivity contribution in [3.8, 4) is 0 Å². The maximum Gasteiger partial charge on any atom is 0.234 e. The van der Waals surface area contributed by atoms with Gasteiger partial charge in [-0.05, 0) is 42.0 Å². The Morgan fingerprint density at radius 3 is 2.87 bits per heavy atom. The number of hydrogen-bond donors (Lipinski definition) is 2. The number of benzene rings is 1. The van der Waals surface area contributed by atoms with Crippen LogP contribution >= 0.6 is 34.9 Å². The summed E-state index contributed by atoms with van der Waals surface area (Å²) in [6.07, 6.45) is 3.42. The van der Waals surface area contributed by atoms with Gasteiger partial charge in [0.2, 0.25) is 11.0 Å². The van der Waals surface area contributed by atoms with Crippen molar-refractivity contribution in [1.29, 1.82) is 0 Å². The molecule has 0 atom stereocenters. The van der Waals surface area contributed by atoms with Gasteiger partial charge in [-0.15, -0.1) is 22.0 Å². The number of rotatable bonds is 10. The second-order valence-corrected chi connectivity index (χ2v) is 9.50. The quantitative estimate of drug-likeness (QED) is 0.308. The molecule has 0 aliphatic heterocycles. The number of carbonyl (C=O) groups excluding carboxylic acids is 1. The molecule has 4 rings (SSSR count). The highest BCUT2D eigenvalue weighted by Gasteiger charge is 2.09. The fourth-order valence-electron chi connectivity index (χ4n) is 2.57. The highest BCUT2D eigenvalue weighted by atomic mass is 32.2. The first-order valence-electron chi connectivity index (χ1n) is 9.40. The predicted molar refractivity (Wildman–Crippen MR) is 126 cm³/mol. The molecule has 7 nitrogen and oxygen atoms in total. The van der Waals surface area contributed by atoms with E-state index in [1.165, 1.54) is 23.1 Å². The second-order valence-electron chi connectivity index (χ2n) is 6.30. The lowest BCUT2D eigenvalue weighted by Crippen LogP contribution is -2.14. The minimum atomic E-state index is -0.0835. The predicted octanol–water partition coefficient (Wildman–Crippen LogP) is 5.16. The van der Waals surface area contributed by atoms with Gasteiger partial charge in [-0.3, -0.25) is 4.79 Å². The third-order valence-corrected chi connectivity index (χ3v) is 6.99. The van der Waals surface area contributed by atoms with Gasteiger partial charge in [-0.25, -0.2) is 4.98 Å². The summed E-state index contributed by atoms with van der Waals surface area (Å²) in [5, 5.41) is 16.0. The van der Waals surface area contributed by atoms with Crippen molar-refractivity contribution in [1.82, 2.24) is 15.2 Å². The monoisotopic (exact) mass is 469 g/mol. The molecule has 0 spiro atoms. The summed E-state index contributed by atoms with van der Waals surface area (Å²) in [5.74, 6) is 1.79. The Hall–Kier alpha value is -2.82. The van der Waals surface area contributed by atoms with Gasteiger partial charge in [0.1, 0.15) is 5.76 Å². The number of nitrogens with zero attached hydrogens (tertiary/aromatic N) is 3. The Morgan fingerprint density at radius 2 is 2.03 bits per heavy atom. The molecule has 0 aliphatic rings. The van der Waals surface area contributed by atoms with E-state index in [0.29, 0.717) is 11.7 Å². The van der Waals surface area contributed by atoms with Gasteiger partial charge in [0.15, 0.2) is 4.34 Å². The number of pyridine rings is 1. The molecule has 158 valence electrons. The first-order chi connectivity index (χ1) is 15.2. The molecule has 0 saturated carbocycles. The average molecular weight is 470 g/mol. The van der Waals surface area contributed by atoms with Crippen LogP contribution in [0.15, 0.2) is 80.8 Å². The van der Waals surface area contributed by atoms with Gasteiger partial charge in [-0.1, -0.05) is 41.3 Å². The van der Waals surface area contributed by atoms with Gasteiger partial charge < -0.3 is 15.1 Å². The molecule has 0 saturated heterocycles. The number of carbonyl (C=O) groups is 1. The van der Waals surface area contributed by atoms with E-state index < -0.39 is 0 Å². The highest BCUT2D eigenvalue weighted by molar-refractivity contribution is 8.01. The zero-order valence-corrected chi connectivity index (χ0v) is 18.8. The van der Waals surface area contributed by atoms with Gasteiger partial charge in [0, 0.05) is 17.6 Å². The Morgan fingerprint density at radius 1 is 1.06 bits per heavy atom. The van der Waals surface area contributed by atoms with Crippen LogP contribution in [0.4, 0.5) is 10.8 Å². The van der Waals surface area contributed by atoms with E-state index in [9.17, 15) is 4.79 Å². The molecule has 0 radical (unpaired) electrons. The molecule has 0 unspecified atom stereocenters. The van der Waals surface area contributed by atoms with Crippen LogP contribution in [0.2, 0.25) is 0 Å². The van der Waals surface area contributed by atoms with Crippen LogP contribution in [0.3, 0.4) is 0 Å². The maximum absolute atomic E-state index is 12.3. The second kappa shape index (κ2) is 11.0. The summed E-state index contributed by atoms with van der Waals surface area (Å²) in [6, 6.07) is 17.4. The number of amides is 1. The van der Waals surface area contributed by atoms with Crippen LogP contribution in [-0.2, 0) is 17.1 Å². The van der Waals surface area contributed by atoms with Crippen molar-refractivity contribution in [2.24, 2.45) is 0 Å². The van der Waals surface area contributed by atoms with Crippen molar-refractivity contribution in [2.45, 2.75) is 21.7 Å². The lowest BCUT2D eigenvalue weighted by Gasteiger charge is -2.07. The average Bonchev–Trinajstić information content (AvgIpc) is 3.48. The molecule has 3 heterocycles. The summed E-state index contributed by atoms with van der Waals surface area (Å²) in [5.41, 5.74) is 1.90. The molecule has 1 amide bonds. The minimum absolute atomic E-state index is 0.0835. The number of aromatic nitrogens is 3. The molecule has 0 aliphatic carbocycles. The summed E-state index contributed by atoms with van der Waals surface area (Å²) in [7, 11) is 0. The van der Waals surface area contributed by atoms with Crippen LogP contribution < -0.4 is 10.6 Å². The number of anilines is 2. The summed E-state index contributed by atoms with van der Waals surface area (Å²) < 4.78 is 6.01. The highest BCUT2D eigenvalue weighted by Crippen LogP contribution is 2.26. The van der Waals surface area contributed by atoms with E-state index in [-0.39, 0.29) is 11.7 Å². The fraction of sp³-hybridized carbons (Fsp3) is 0.143. The molecule has 3 aromatic heterocycles. The topological polar surface area (TPSA) is 92.9 Å². The fourth-order valence-corrected chi connectivity index (χ4v) is 4.92. The standard InChI is InChI=1S/C21H19N5O2S3/c27-18(14-30-21-26-25-20(31-21)23-12-17-7-4-10-28-17)24-16-6-3-5-15(11-16)13-29-19-8-1-2-9-22-19/h1-11H,12-14H2,(H,23,25)(H,24,27). The van der Waals surface area contributed by atoms with Crippen molar-refractivity contribution in [2.75, 3.05) is 16.4 Å². The van der Waals surface area contributed by atoms with Gasteiger partial charge in [0.05, 0.1) is 23.6 Å². The molecule has 4 aromatic rings. The van der Waals surface area contributed by atoms with E-state index in [4.69, 9.17) is 4.42 Å². The number of furan rings is 1. The maximum atomic E-state index is 12.3. The largest absolute Gasteiger partial charge is 0.467 e. The molecule has 10 heteroatoms. The number of hydrogen-bond acceptors (Lipinski definition) is 9. The molecular weight excluding hydrogens is 450 g/mol. The van der Waals surface area contributed by atoms with Crippen LogP contribution in [0.25, 0.3) is 0 Å². The normalized spacial score (nSPS) is 10.7. The molecule has 0 bridgehead atoms. The zero-order chi connectivity index (χ0) is 21.3. The van der Waals surface area contributed by atoms with E-state index >= 15 is 0 Å². The molecule has 31 heavy (non-hydrogen) atoms. The molecule has 0 fully saturated rings. The van der Waals surface area contributed by atoms with E-state index in [0.717, 1.165) is 32.1 Å². The van der Waals surface area contributed by atoms with Crippen LogP contribution in [0.5, 0.6) is 0 Å². The molecular formula is C21H19N5O2S3. The Kier molecular flexibility index (Phi) is 7.59. The van der Waals surface area contributed by atoms with Crippen molar-refractivity contribution >= 4 is 51.6 Å². The Labute approximate surface area is 192 Å². The lowest BCUT2D eigenvalue weighted by molar-refractivity contribution is -0.113. The summed E-state index contributed by atoms with van der Waals surface area (Å²) >= 11 is 4.43. The van der Waals surface area contributed by atoms with E-state index in [1.54, 1.807) is 24.2 Å². The first kappa shape index (κ1) is 21.4. The Balaban J connectivity index is 1.22. The SMILES string of the molecule is O=C(CSc1nnc(NCc2ccco2)s1)Nc1cccc(CSc2ccccn2)c1. The van der Waals surface area contributed by atoms with Crippen molar-refractivity contribution in [3.63, 3.8) is 0 Å². The third-order valence-electron chi connectivity index (χ3n) is 3.96. The van der Waals surface area contributed by atoms with Gasteiger partial charge in [0.25, 0.3) is 0 Å². The first-order valence-corrected chi connectivity index (χ1v) is 12.2. The summed E-state index contributed by atoms with van der Waals surface area (Å²) in [4.78, 5) is 16.7. The van der Waals surface area contributed by atoms with E-state index in [2.05, 4.69) is 25.8 Å². The smallest absolute Gasteiger partial charge is 0.234 e.